The van der Waals surface area contributed by atoms with Gasteiger partial charge in [-0.25, -0.2) is 13.3 Å². The molecule has 1 aliphatic carbocycles. The summed E-state index contributed by atoms with van der Waals surface area (Å²) in [5.74, 6) is -0.546. The van der Waals surface area contributed by atoms with Crippen molar-refractivity contribution in [1.29, 1.82) is 0 Å². The number of nitrogens with one attached hydrogen (secondary N) is 2. The largest absolute Gasteiger partial charge is 0.335 e. The summed E-state index contributed by atoms with van der Waals surface area (Å²) in [5, 5.41) is 5.49. The minimum absolute atomic E-state index is 0.254. The van der Waals surface area contributed by atoms with Gasteiger partial charge in [-0.15, -0.1) is 4.36 Å². The van der Waals surface area contributed by atoms with E-state index in [1.54, 1.807) is 38.4 Å². The Labute approximate surface area is 130 Å². The maximum atomic E-state index is 12.1. The van der Waals surface area contributed by atoms with Gasteiger partial charge in [0.05, 0.1) is 0 Å². The Hall–Kier alpha value is -1.93. The van der Waals surface area contributed by atoms with Crippen molar-refractivity contribution in [1.82, 2.24) is 9.62 Å². The fourth-order valence-electron chi connectivity index (χ4n) is 1.56. The fraction of sp³-hybridized carbons (Fsp3) is 0.429. The van der Waals surface area contributed by atoms with Crippen molar-refractivity contribution in [3.8, 4) is 0 Å². The Morgan fingerprint density at radius 1 is 1.23 bits per heavy atom. The van der Waals surface area contributed by atoms with Crippen LogP contribution in [0, 0.1) is 0 Å². The molecule has 8 heteroatoms. The zero-order valence-electron chi connectivity index (χ0n) is 12.8. The Kier molecular flexibility index (Phi) is 4.82. The molecule has 0 unspecified atom stereocenters. The first-order valence-corrected chi connectivity index (χ1v) is 8.77. The maximum absolute atomic E-state index is 12.1. The predicted octanol–water partition coefficient (Wildman–Crippen LogP) is 1.69. The Morgan fingerprint density at radius 3 is 2.32 bits per heavy atom. The average Bonchev–Trinajstić information content (AvgIpc) is 3.22. The van der Waals surface area contributed by atoms with E-state index in [0.29, 0.717) is 11.3 Å². The van der Waals surface area contributed by atoms with E-state index in [1.165, 1.54) is 10.6 Å². The quantitative estimate of drug-likeness (QED) is 0.883. The Morgan fingerprint density at radius 2 is 1.82 bits per heavy atom. The van der Waals surface area contributed by atoms with E-state index in [4.69, 9.17) is 0 Å². The number of benzene rings is 1. The molecule has 1 aliphatic rings. The van der Waals surface area contributed by atoms with Gasteiger partial charge in [0.1, 0.15) is 9.92 Å². The molecule has 1 aromatic carbocycles. The third-order valence-electron chi connectivity index (χ3n) is 3.23. The third kappa shape index (κ3) is 4.54. The maximum Gasteiger partial charge on any atom is 0.319 e. The number of urea groups is 1. The van der Waals surface area contributed by atoms with Crippen molar-refractivity contribution in [2.45, 2.75) is 18.9 Å². The number of hydrogen-bond donors (Lipinski definition) is 2. The molecule has 7 nitrogen and oxygen atoms in total. The monoisotopic (exact) mass is 324 g/mol. The number of anilines is 1. The van der Waals surface area contributed by atoms with Gasteiger partial charge in [-0.2, -0.15) is 0 Å². The van der Waals surface area contributed by atoms with Crippen LogP contribution in [0.25, 0.3) is 0 Å². The van der Waals surface area contributed by atoms with Crippen LogP contribution in [0.4, 0.5) is 10.5 Å². The van der Waals surface area contributed by atoms with Crippen LogP contribution < -0.4 is 10.6 Å². The highest BCUT2D eigenvalue weighted by Crippen LogP contribution is 2.19. The number of carbonyl (C=O) groups excluding carboxylic acids is 2. The number of carbonyl (C=O) groups is 2. The van der Waals surface area contributed by atoms with E-state index in [-0.39, 0.29) is 12.1 Å². The van der Waals surface area contributed by atoms with Gasteiger partial charge in [0, 0.05) is 37.6 Å². The summed E-state index contributed by atoms with van der Waals surface area (Å²) in [4.78, 5) is 23.6. The smallest absolute Gasteiger partial charge is 0.319 e. The third-order valence-corrected chi connectivity index (χ3v) is 5.09. The molecular weight excluding hydrogens is 304 g/mol. The van der Waals surface area contributed by atoms with Crippen LogP contribution in [-0.4, -0.2) is 46.8 Å². The molecule has 3 amide bonds. The first-order valence-electron chi connectivity index (χ1n) is 6.89. The van der Waals surface area contributed by atoms with Crippen molar-refractivity contribution in [2.75, 3.05) is 25.7 Å². The lowest BCUT2D eigenvalue weighted by molar-refractivity contribution is 0.100. The van der Waals surface area contributed by atoms with Gasteiger partial charge in [0.25, 0.3) is 5.91 Å². The summed E-state index contributed by atoms with van der Waals surface area (Å²) in [6, 6.07) is 6.34. The number of rotatable bonds is 4. The second kappa shape index (κ2) is 6.45. The van der Waals surface area contributed by atoms with E-state index in [1.807, 2.05) is 0 Å². The molecule has 0 aliphatic heterocycles. The highest BCUT2D eigenvalue weighted by atomic mass is 32.2. The summed E-state index contributed by atoms with van der Waals surface area (Å²) >= 11 is 0. The zero-order valence-corrected chi connectivity index (χ0v) is 13.6. The summed E-state index contributed by atoms with van der Waals surface area (Å²) in [5.41, 5.74) is 0.907. The van der Waals surface area contributed by atoms with E-state index < -0.39 is 15.8 Å². The molecule has 0 bridgehead atoms. The number of hydrogen-bond acceptors (Lipinski definition) is 3. The highest BCUT2D eigenvalue weighted by molar-refractivity contribution is 7.90. The first kappa shape index (κ1) is 16.4. The van der Waals surface area contributed by atoms with Crippen molar-refractivity contribution in [3.05, 3.63) is 29.8 Å². The lowest BCUT2D eigenvalue weighted by Crippen LogP contribution is -2.30. The van der Waals surface area contributed by atoms with Gasteiger partial charge < -0.3 is 10.6 Å². The summed E-state index contributed by atoms with van der Waals surface area (Å²) < 4.78 is 17.2. The van der Waals surface area contributed by atoms with Gasteiger partial charge in [0.15, 0.2) is 0 Å². The fourth-order valence-corrected chi connectivity index (χ4v) is 2.14. The van der Waals surface area contributed by atoms with E-state index in [2.05, 4.69) is 15.0 Å². The van der Waals surface area contributed by atoms with Crippen molar-refractivity contribution < 1.29 is 13.8 Å². The highest BCUT2D eigenvalue weighted by Gasteiger charge is 2.23. The lowest BCUT2D eigenvalue weighted by Gasteiger charge is -2.11. The van der Waals surface area contributed by atoms with Crippen molar-refractivity contribution >= 4 is 27.5 Å². The SMILES string of the molecule is CN(C)[S@](C)(=O)=NC(=O)c1ccc(NC(=O)NC2CC2)cc1. The van der Waals surface area contributed by atoms with Crippen LogP contribution in [-0.2, 0) is 9.92 Å². The van der Waals surface area contributed by atoms with Crippen LogP contribution in [0.5, 0.6) is 0 Å². The second-order valence-corrected chi connectivity index (χ2v) is 7.86. The molecule has 0 heterocycles. The molecule has 1 saturated carbocycles. The molecule has 2 rings (SSSR count). The van der Waals surface area contributed by atoms with Gasteiger partial charge in [-0.3, -0.25) is 4.79 Å². The molecule has 0 aromatic heterocycles. The predicted molar refractivity (Wildman–Crippen MR) is 86.1 cm³/mol. The van der Waals surface area contributed by atoms with Crippen molar-refractivity contribution in [3.63, 3.8) is 0 Å². The molecule has 2 N–H and O–H groups in total. The summed E-state index contributed by atoms with van der Waals surface area (Å²) in [6.45, 7) is 0. The molecule has 1 fully saturated rings. The summed E-state index contributed by atoms with van der Waals surface area (Å²) in [7, 11) is 0.501. The molecular formula is C14H20N4O3S. The van der Waals surface area contributed by atoms with Gasteiger partial charge >= 0.3 is 6.03 Å². The van der Waals surface area contributed by atoms with Crippen LogP contribution in [0.2, 0.25) is 0 Å². The first-order chi connectivity index (χ1) is 10.3. The lowest BCUT2D eigenvalue weighted by atomic mass is 10.2. The molecule has 0 saturated heterocycles. The average molecular weight is 324 g/mol. The normalized spacial score (nSPS) is 16.7. The van der Waals surface area contributed by atoms with Crippen molar-refractivity contribution in [2.24, 2.45) is 4.36 Å². The van der Waals surface area contributed by atoms with Gasteiger partial charge in [-0.05, 0) is 37.1 Å². The van der Waals surface area contributed by atoms with Gasteiger partial charge in [-0.1, -0.05) is 0 Å². The molecule has 22 heavy (non-hydrogen) atoms. The summed E-state index contributed by atoms with van der Waals surface area (Å²) in [6.07, 6.45) is 3.44. The number of nitrogens with zero attached hydrogens (tertiary/aromatic N) is 2. The molecule has 1 aromatic rings. The minimum atomic E-state index is -2.70. The van der Waals surface area contributed by atoms with Gasteiger partial charge in [0.2, 0.25) is 0 Å². The standard InChI is InChI=1S/C14H20N4O3S/c1-18(2)22(3,21)17-13(19)10-4-6-11(7-5-10)15-14(20)16-12-8-9-12/h4-7,12H,8-9H2,1-3H3,(H2,15,16,20)/t22-/m1/s1. The van der Waals surface area contributed by atoms with Crippen LogP contribution in [0.15, 0.2) is 28.6 Å². The Balaban J connectivity index is 2.03. The number of amides is 3. The minimum Gasteiger partial charge on any atom is -0.335 e. The van der Waals surface area contributed by atoms with Crippen LogP contribution >= 0.6 is 0 Å². The van der Waals surface area contributed by atoms with Crippen LogP contribution in [0.3, 0.4) is 0 Å². The molecule has 1 atom stereocenters. The van der Waals surface area contributed by atoms with E-state index in [0.717, 1.165) is 12.8 Å². The molecule has 120 valence electrons. The van der Waals surface area contributed by atoms with E-state index in [9.17, 15) is 13.8 Å². The zero-order chi connectivity index (χ0) is 16.3. The van der Waals surface area contributed by atoms with Crippen LogP contribution in [0.1, 0.15) is 23.2 Å². The Bertz CT molecular complexity index is 687. The second-order valence-electron chi connectivity index (χ2n) is 5.42. The molecule has 0 radical (unpaired) electrons. The topological polar surface area (TPSA) is 90.9 Å². The molecule has 0 spiro atoms. The van der Waals surface area contributed by atoms with E-state index >= 15 is 0 Å².